The number of nitrogens with one attached hydrogen (secondary N) is 1. The molecule has 0 bridgehead atoms. The molecule has 18 heavy (non-hydrogen) atoms. The van der Waals surface area contributed by atoms with Gasteiger partial charge in [-0.05, 0) is 44.4 Å². The Kier molecular flexibility index (Phi) is 4.07. The highest BCUT2D eigenvalue weighted by Crippen LogP contribution is 2.20. The molecule has 4 heteroatoms. The summed E-state index contributed by atoms with van der Waals surface area (Å²) in [7, 11) is -3.03. The minimum absolute atomic E-state index is 0.172. The van der Waals surface area contributed by atoms with Gasteiger partial charge in [0.1, 0.15) is 0 Å². The topological polar surface area (TPSA) is 46.2 Å². The maximum atomic E-state index is 12.4. The van der Waals surface area contributed by atoms with Crippen LogP contribution in [-0.2, 0) is 15.6 Å². The van der Waals surface area contributed by atoms with Crippen molar-refractivity contribution in [3.05, 3.63) is 34.9 Å². The molecule has 0 aromatic heterocycles. The quantitative estimate of drug-likeness (QED) is 0.911. The molecule has 1 atom stereocenters. The van der Waals surface area contributed by atoms with E-state index in [9.17, 15) is 8.42 Å². The highest BCUT2D eigenvalue weighted by molar-refractivity contribution is 7.91. The van der Waals surface area contributed by atoms with E-state index in [1.165, 1.54) is 5.56 Å². The summed E-state index contributed by atoms with van der Waals surface area (Å²) in [6.07, 6.45) is 1.75. The van der Waals surface area contributed by atoms with E-state index in [0.717, 1.165) is 30.5 Å². The van der Waals surface area contributed by atoms with Gasteiger partial charge in [0.15, 0.2) is 9.84 Å². The molecule has 0 aliphatic carbocycles. The van der Waals surface area contributed by atoms with Crippen molar-refractivity contribution in [1.82, 2.24) is 5.32 Å². The van der Waals surface area contributed by atoms with Crippen molar-refractivity contribution >= 4 is 9.84 Å². The average molecular weight is 267 g/mol. The second kappa shape index (κ2) is 5.41. The Morgan fingerprint density at radius 1 is 1.33 bits per heavy atom. The van der Waals surface area contributed by atoms with Crippen LogP contribution >= 0.6 is 0 Å². The lowest BCUT2D eigenvalue weighted by Gasteiger charge is -2.23. The standard InChI is InChI=1S/C14H21NO2S/c1-11-5-6-13(12(2)8-11)10-18(16,17)14-4-3-7-15-9-14/h5-6,8,14-15H,3-4,7,9-10H2,1-2H3. The molecule has 1 aromatic carbocycles. The van der Waals surface area contributed by atoms with E-state index >= 15 is 0 Å². The van der Waals surface area contributed by atoms with Gasteiger partial charge in [0.2, 0.25) is 0 Å². The van der Waals surface area contributed by atoms with Gasteiger partial charge < -0.3 is 5.32 Å². The zero-order valence-electron chi connectivity index (χ0n) is 11.1. The van der Waals surface area contributed by atoms with Gasteiger partial charge in [-0.3, -0.25) is 0 Å². The summed E-state index contributed by atoms with van der Waals surface area (Å²) < 4.78 is 24.7. The molecule has 1 heterocycles. The minimum Gasteiger partial charge on any atom is -0.315 e. The van der Waals surface area contributed by atoms with Gasteiger partial charge in [-0.15, -0.1) is 0 Å². The molecular weight excluding hydrogens is 246 g/mol. The first-order chi connectivity index (χ1) is 8.49. The smallest absolute Gasteiger partial charge is 0.158 e. The van der Waals surface area contributed by atoms with Crippen LogP contribution < -0.4 is 5.32 Å². The lowest BCUT2D eigenvalue weighted by atomic mass is 10.1. The molecule has 1 fully saturated rings. The molecule has 1 aliphatic rings. The van der Waals surface area contributed by atoms with Gasteiger partial charge in [-0.25, -0.2) is 8.42 Å². The van der Waals surface area contributed by atoms with Crippen molar-refractivity contribution in [1.29, 1.82) is 0 Å². The fourth-order valence-electron chi connectivity index (χ4n) is 2.47. The number of hydrogen-bond donors (Lipinski definition) is 1. The highest BCUT2D eigenvalue weighted by Gasteiger charge is 2.27. The Labute approximate surface area is 110 Å². The van der Waals surface area contributed by atoms with E-state index < -0.39 is 9.84 Å². The van der Waals surface area contributed by atoms with E-state index in [1.807, 2.05) is 32.0 Å². The summed E-state index contributed by atoms with van der Waals surface area (Å²) in [5, 5.41) is 2.96. The van der Waals surface area contributed by atoms with Crippen molar-refractivity contribution in [3.8, 4) is 0 Å². The Balaban J connectivity index is 2.16. The highest BCUT2D eigenvalue weighted by atomic mass is 32.2. The summed E-state index contributed by atoms with van der Waals surface area (Å²) in [6, 6.07) is 5.97. The van der Waals surface area contributed by atoms with Crippen molar-refractivity contribution in [2.75, 3.05) is 13.1 Å². The average Bonchev–Trinajstić information content (AvgIpc) is 2.34. The normalized spacial score (nSPS) is 20.9. The first-order valence-electron chi connectivity index (χ1n) is 6.47. The van der Waals surface area contributed by atoms with Crippen LogP contribution in [0.3, 0.4) is 0 Å². The van der Waals surface area contributed by atoms with Gasteiger partial charge in [-0.2, -0.15) is 0 Å². The molecule has 0 saturated carbocycles. The van der Waals surface area contributed by atoms with Crippen LogP contribution in [0.2, 0.25) is 0 Å². The van der Waals surface area contributed by atoms with Gasteiger partial charge in [0, 0.05) is 6.54 Å². The molecule has 1 saturated heterocycles. The third-order valence-electron chi connectivity index (χ3n) is 3.61. The molecular formula is C14H21NO2S. The van der Waals surface area contributed by atoms with Gasteiger partial charge in [0.05, 0.1) is 11.0 Å². The van der Waals surface area contributed by atoms with E-state index in [2.05, 4.69) is 5.32 Å². The first kappa shape index (κ1) is 13.6. The lowest BCUT2D eigenvalue weighted by Crippen LogP contribution is -2.39. The summed E-state index contributed by atoms with van der Waals surface area (Å²) in [4.78, 5) is 0. The van der Waals surface area contributed by atoms with Gasteiger partial charge in [0.25, 0.3) is 0 Å². The lowest BCUT2D eigenvalue weighted by molar-refractivity contribution is 0.496. The van der Waals surface area contributed by atoms with E-state index in [1.54, 1.807) is 0 Å². The fraction of sp³-hybridized carbons (Fsp3) is 0.571. The van der Waals surface area contributed by atoms with Crippen LogP contribution in [0.1, 0.15) is 29.5 Å². The van der Waals surface area contributed by atoms with Crippen LogP contribution in [0.25, 0.3) is 0 Å². The molecule has 0 radical (unpaired) electrons. The molecule has 0 amide bonds. The Morgan fingerprint density at radius 3 is 2.72 bits per heavy atom. The van der Waals surface area contributed by atoms with Crippen molar-refractivity contribution in [2.45, 2.75) is 37.7 Å². The Bertz CT molecular complexity index is 517. The number of aryl methyl sites for hydroxylation is 2. The monoisotopic (exact) mass is 267 g/mol. The van der Waals surface area contributed by atoms with Crippen LogP contribution in [-0.4, -0.2) is 26.8 Å². The van der Waals surface area contributed by atoms with Crippen LogP contribution in [0, 0.1) is 13.8 Å². The van der Waals surface area contributed by atoms with Crippen molar-refractivity contribution in [2.24, 2.45) is 0 Å². The molecule has 100 valence electrons. The molecule has 1 N–H and O–H groups in total. The molecule has 1 aliphatic heterocycles. The number of rotatable bonds is 3. The van der Waals surface area contributed by atoms with Crippen molar-refractivity contribution < 1.29 is 8.42 Å². The summed E-state index contributed by atoms with van der Waals surface area (Å²) in [5.74, 6) is 0.172. The largest absolute Gasteiger partial charge is 0.315 e. The summed E-state index contributed by atoms with van der Waals surface area (Å²) in [5.41, 5.74) is 3.18. The van der Waals surface area contributed by atoms with Crippen LogP contribution in [0.15, 0.2) is 18.2 Å². The van der Waals surface area contributed by atoms with E-state index in [-0.39, 0.29) is 11.0 Å². The molecule has 1 unspecified atom stereocenters. The fourth-order valence-corrected chi connectivity index (χ4v) is 4.36. The molecule has 2 rings (SSSR count). The minimum atomic E-state index is -3.03. The Morgan fingerprint density at radius 2 is 2.11 bits per heavy atom. The zero-order valence-corrected chi connectivity index (χ0v) is 11.9. The predicted molar refractivity (Wildman–Crippen MR) is 74.4 cm³/mol. The maximum absolute atomic E-state index is 12.4. The molecule has 3 nitrogen and oxygen atoms in total. The maximum Gasteiger partial charge on any atom is 0.158 e. The summed E-state index contributed by atoms with van der Waals surface area (Å²) >= 11 is 0. The summed E-state index contributed by atoms with van der Waals surface area (Å²) in [6.45, 7) is 5.55. The van der Waals surface area contributed by atoms with Gasteiger partial charge in [-0.1, -0.05) is 23.8 Å². The third kappa shape index (κ3) is 3.12. The predicted octanol–water partition coefficient (Wildman–Crippen LogP) is 1.97. The van der Waals surface area contributed by atoms with Gasteiger partial charge >= 0.3 is 0 Å². The third-order valence-corrected chi connectivity index (χ3v) is 5.75. The second-order valence-electron chi connectivity index (χ2n) is 5.21. The van der Waals surface area contributed by atoms with E-state index in [0.29, 0.717) is 6.54 Å². The van der Waals surface area contributed by atoms with Crippen LogP contribution in [0.4, 0.5) is 0 Å². The number of benzene rings is 1. The number of sulfone groups is 1. The molecule has 1 aromatic rings. The first-order valence-corrected chi connectivity index (χ1v) is 8.19. The number of piperidine rings is 1. The zero-order chi connectivity index (χ0) is 13.2. The Hall–Kier alpha value is -0.870. The SMILES string of the molecule is Cc1ccc(CS(=O)(=O)C2CCCNC2)c(C)c1. The van der Waals surface area contributed by atoms with Crippen molar-refractivity contribution in [3.63, 3.8) is 0 Å². The van der Waals surface area contributed by atoms with E-state index in [4.69, 9.17) is 0 Å². The number of hydrogen-bond acceptors (Lipinski definition) is 3. The van der Waals surface area contributed by atoms with Crippen LogP contribution in [0.5, 0.6) is 0 Å². The second-order valence-corrected chi connectivity index (χ2v) is 7.49. The molecule has 0 spiro atoms.